The van der Waals surface area contributed by atoms with Gasteiger partial charge in [-0.05, 0) is 39.7 Å². The summed E-state index contributed by atoms with van der Waals surface area (Å²) in [6, 6.07) is 17.3. The predicted octanol–water partition coefficient (Wildman–Crippen LogP) is 2.87. The van der Waals surface area contributed by atoms with E-state index >= 15 is 0 Å². The summed E-state index contributed by atoms with van der Waals surface area (Å²) < 4.78 is 0. The molecule has 3 heteroatoms. The molecule has 0 amide bonds. The van der Waals surface area contributed by atoms with Crippen LogP contribution in [-0.4, -0.2) is 16.6 Å². The van der Waals surface area contributed by atoms with Crippen LogP contribution < -0.4 is 0 Å². The fourth-order valence-electron chi connectivity index (χ4n) is 2.15. The Hall–Kier alpha value is -2.39. The minimum absolute atomic E-state index is 0. The maximum atomic E-state index is 11.2. The van der Waals surface area contributed by atoms with E-state index in [1.54, 1.807) is 12.1 Å². The SMILES string of the molecule is O.O=C(O)c1cccc2cc3ccccc3cc12. The number of carboxylic acid groups (broad SMARTS) is 1. The number of hydrogen-bond donors (Lipinski definition) is 1. The molecule has 0 aliphatic rings. The molecule has 0 unspecified atom stereocenters. The molecule has 18 heavy (non-hydrogen) atoms. The average molecular weight is 240 g/mol. The molecule has 3 aromatic rings. The Kier molecular flexibility index (Phi) is 3.00. The Labute approximate surface area is 104 Å². The maximum absolute atomic E-state index is 11.2. The van der Waals surface area contributed by atoms with Gasteiger partial charge in [-0.3, -0.25) is 0 Å². The summed E-state index contributed by atoms with van der Waals surface area (Å²) in [5.74, 6) is -0.883. The Balaban J connectivity index is 0.00000120. The first-order chi connectivity index (χ1) is 8.25. The quantitative estimate of drug-likeness (QED) is 0.664. The monoisotopic (exact) mass is 240 g/mol. The van der Waals surface area contributed by atoms with E-state index in [1.165, 1.54) is 0 Å². The molecule has 0 heterocycles. The third kappa shape index (κ3) is 1.81. The molecule has 90 valence electrons. The second-order valence-corrected chi connectivity index (χ2v) is 4.03. The molecule has 0 aliphatic heterocycles. The Morgan fingerprint density at radius 3 is 2.11 bits per heavy atom. The van der Waals surface area contributed by atoms with E-state index in [0.717, 1.165) is 21.5 Å². The third-order valence-corrected chi connectivity index (χ3v) is 2.98. The van der Waals surface area contributed by atoms with E-state index < -0.39 is 5.97 Å². The van der Waals surface area contributed by atoms with Gasteiger partial charge in [-0.25, -0.2) is 4.79 Å². The number of fused-ring (bicyclic) bond motifs is 2. The number of benzene rings is 3. The topological polar surface area (TPSA) is 68.8 Å². The Morgan fingerprint density at radius 2 is 1.44 bits per heavy atom. The third-order valence-electron chi connectivity index (χ3n) is 2.98. The number of rotatable bonds is 1. The van der Waals surface area contributed by atoms with Crippen LogP contribution in [-0.2, 0) is 0 Å². The van der Waals surface area contributed by atoms with Crippen LogP contribution in [0.3, 0.4) is 0 Å². The molecular weight excluding hydrogens is 228 g/mol. The first kappa shape index (κ1) is 12.1. The summed E-state index contributed by atoms with van der Waals surface area (Å²) in [5, 5.41) is 13.1. The number of hydrogen-bond acceptors (Lipinski definition) is 1. The van der Waals surface area contributed by atoms with Gasteiger partial charge in [0.15, 0.2) is 0 Å². The lowest BCUT2D eigenvalue weighted by Gasteiger charge is -2.05. The van der Waals surface area contributed by atoms with Crippen LogP contribution in [0.25, 0.3) is 21.5 Å². The summed E-state index contributed by atoms with van der Waals surface area (Å²) >= 11 is 0. The number of carboxylic acids is 1. The van der Waals surface area contributed by atoms with Gasteiger partial charge >= 0.3 is 5.97 Å². The maximum Gasteiger partial charge on any atom is 0.336 e. The molecule has 0 saturated heterocycles. The second-order valence-electron chi connectivity index (χ2n) is 4.03. The molecule has 0 fully saturated rings. The van der Waals surface area contributed by atoms with Gasteiger partial charge in [0.2, 0.25) is 0 Å². The smallest absolute Gasteiger partial charge is 0.336 e. The van der Waals surface area contributed by atoms with Crippen molar-refractivity contribution >= 4 is 27.5 Å². The molecule has 0 aromatic heterocycles. The van der Waals surface area contributed by atoms with Crippen LogP contribution in [0, 0.1) is 0 Å². The van der Waals surface area contributed by atoms with Crippen molar-refractivity contribution in [1.82, 2.24) is 0 Å². The summed E-state index contributed by atoms with van der Waals surface area (Å²) in [6.45, 7) is 0. The van der Waals surface area contributed by atoms with Crippen LogP contribution in [0.2, 0.25) is 0 Å². The standard InChI is InChI=1S/C15H10O2.H2O/c16-15(17)13-7-3-6-12-8-10-4-1-2-5-11(10)9-14(12)13;/h1-9H,(H,16,17);1H2. The number of carbonyl (C=O) groups is 1. The number of aromatic carboxylic acids is 1. The van der Waals surface area contributed by atoms with Gasteiger partial charge in [-0.2, -0.15) is 0 Å². The van der Waals surface area contributed by atoms with E-state index in [2.05, 4.69) is 0 Å². The van der Waals surface area contributed by atoms with Crippen LogP contribution in [0.1, 0.15) is 10.4 Å². The van der Waals surface area contributed by atoms with E-state index in [4.69, 9.17) is 5.11 Å². The largest absolute Gasteiger partial charge is 0.478 e. The average Bonchev–Trinajstić information content (AvgIpc) is 2.35. The highest BCUT2D eigenvalue weighted by atomic mass is 16.4. The van der Waals surface area contributed by atoms with E-state index in [9.17, 15) is 4.79 Å². The molecule has 0 bridgehead atoms. The van der Waals surface area contributed by atoms with Gasteiger partial charge in [0.05, 0.1) is 5.56 Å². The van der Waals surface area contributed by atoms with Crippen molar-refractivity contribution < 1.29 is 15.4 Å². The van der Waals surface area contributed by atoms with E-state index in [1.807, 2.05) is 42.5 Å². The van der Waals surface area contributed by atoms with Crippen LogP contribution in [0.5, 0.6) is 0 Å². The molecule has 0 saturated carbocycles. The zero-order valence-electron chi connectivity index (χ0n) is 9.55. The normalized spacial score (nSPS) is 10.2. The first-order valence-electron chi connectivity index (χ1n) is 5.40. The summed E-state index contributed by atoms with van der Waals surface area (Å²) in [6.07, 6.45) is 0. The van der Waals surface area contributed by atoms with E-state index in [0.29, 0.717) is 5.56 Å². The van der Waals surface area contributed by atoms with Crippen molar-refractivity contribution in [3.05, 3.63) is 60.2 Å². The zero-order chi connectivity index (χ0) is 11.8. The van der Waals surface area contributed by atoms with Crippen LogP contribution in [0.4, 0.5) is 0 Å². The van der Waals surface area contributed by atoms with Gasteiger partial charge in [-0.1, -0.05) is 36.4 Å². The molecule has 0 atom stereocenters. The van der Waals surface area contributed by atoms with Crippen molar-refractivity contribution in [1.29, 1.82) is 0 Å². The molecule has 0 aliphatic carbocycles. The first-order valence-corrected chi connectivity index (χ1v) is 5.40. The van der Waals surface area contributed by atoms with Gasteiger partial charge in [-0.15, -0.1) is 0 Å². The zero-order valence-corrected chi connectivity index (χ0v) is 9.55. The van der Waals surface area contributed by atoms with Crippen molar-refractivity contribution in [3.8, 4) is 0 Å². The highest BCUT2D eigenvalue weighted by Gasteiger charge is 2.08. The molecule has 3 rings (SSSR count). The molecule has 3 nitrogen and oxygen atoms in total. The van der Waals surface area contributed by atoms with Crippen molar-refractivity contribution in [3.63, 3.8) is 0 Å². The molecule has 0 radical (unpaired) electrons. The lowest BCUT2D eigenvalue weighted by Crippen LogP contribution is -1.96. The van der Waals surface area contributed by atoms with Crippen LogP contribution in [0.15, 0.2) is 54.6 Å². The second kappa shape index (κ2) is 4.47. The molecule has 0 spiro atoms. The summed E-state index contributed by atoms with van der Waals surface area (Å²) in [4.78, 5) is 11.2. The van der Waals surface area contributed by atoms with Gasteiger partial charge in [0.25, 0.3) is 0 Å². The van der Waals surface area contributed by atoms with Crippen LogP contribution >= 0.6 is 0 Å². The molecule has 3 aromatic carbocycles. The summed E-state index contributed by atoms with van der Waals surface area (Å²) in [7, 11) is 0. The van der Waals surface area contributed by atoms with Gasteiger partial charge in [0, 0.05) is 0 Å². The predicted molar refractivity (Wildman–Crippen MR) is 72.0 cm³/mol. The Morgan fingerprint density at radius 1 is 0.833 bits per heavy atom. The highest BCUT2D eigenvalue weighted by Crippen LogP contribution is 2.25. The lowest BCUT2D eigenvalue weighted by atomic mass is 10.00. The van der Waals surface area contributed by atoms with Crippen molar-refractivity contribution in [2.75, 3.05) is 0 Å². The van der Waals surface area contributed by atoms with E-state index in [-0.39, 0.29) is 5.48 Å². The van der Waals surface area contributed by atoms with Gasteiger partial charge < -0.3 is 10.6 Å². The summed E-state index contributed by atoms with van der Waals surface area (Å²) in [5.41, 5.74) is 0.355. The lowest BCUT2D eigenvalue weighted by molar-refractivity contribution is 0.0699. The fraction of sp³-hybridized carbons (Fsp3) is 0. The highest BCUT2D eigenvalue weighted by molar-refractivity contribution is 6.08. The minimum Gasteiger partial charge on any atom is -0.478 e. The van der Waals surface area contributed by atoms with Gasteiger partial charge in [0.1, 0.15) is 0 Å². The Bertz CT molecular complexity index is 732. The van der Waals surface area contributed by atoms with Crippen molar-refractivity contribution in [2.24, 2.45) is 0 Å². The minimum atomic E-state index is -0.883. The fourth-order valence-corrected chi connectivity index (χ4v) is 2.15. The molecular formula is C15H12O3. The van der Waals surface area contributed by atoms with Crippen molar-refractivity contribution in [2.45, 2.75) is 0 Å². The molecule has 3 N–H and O–H groups in total.